The van der Waals surface area contributed by atoms with Crippen LogP contribution >= 0.6 is 0 Å². The molecule has 3 rings (SSSR count). The number of methoxy groups -OCH3 is 1. The molecule has 0 bridgehead atoms. The smallest absolute Gasteiger partial charge is 0.234 e. The fourth-order valence-corrected chi connectivity index (χ4v) is 3.19. The van der Waals surface area contributed by atoms with Gasteiger partial charge in [0, 0.05) is 19.6 Å². The van der Waals surface area contributed by atoms with E-state index in [0.29, 0.717) is 25.3 Å². The molecule has 0 fully saturated rings. The third-order valence-electron chi connectivity index (χ3n) is 4.60. The Morgan fingerprint density at radius 3 is 2.96 bits per heavy atom. The number of aromatic nitrogens is 2. The van der Waals surface area contributed by atoms with Gasteiger partial charge in [-0.1, -0.05) is 18.2 Å². The van der Waals surface area contributed by atoms with E-state index in [4.69, 9.17) is 4.74 Å². The lowest BCUT2D eigenvalue weighted by molar-refractivity contribution is -0.122. The molecule has 2 aromatic rings. The molecule has 2 N–H and O–H groups in total. The molecule has 0 spiro atoms. The predicted octanol–water partition coefficient (Wildman–Crippen LogP) is 1.12. The Hall–Kier alpha value is -2.38. The first kappa shape index (κ1) is 18.4. The van der Waals surface area contributed by atoms with Crippen LogP contribution in [-0.2, 0) is 24.3 Å². The van der Waals surface area contributed by atoms with Crippen LogP contribution in [0.4, 0.5) is 0 Å². The standard InChI is InChI=1S/C19H26N4O3/c1-14(24)17-11-16-12-22(9-10-23(16)21-17)13-19(25)20-8-7-15-5-3-4-6-18(15)26-2/h3-6,11,14,24H,7-10,12-13H2,1-2H3,(H,20,25)/t14-/m0/s1. The molecule has 1 aliphatic heterocycles. The van der Waals surface area contributed by atoms with Crippen molar-refractivity contribution in [2.45, 2.75) is 32.5 Å². The van der Waals surface area contributed by atoms with E-state index in [2.05, 4.69) is 15.3 Å². The summed E-state index contributed by atoms with van der Waals surface area (Å²) in [7, 11) is 1.65. The predicted molar refractivity (Wildman–Crippen MR) is 97.8 cm³/mol. The zero-order valence-electron chi connectivity index (χ0n) is 15.3. The number of hydrogen-bond donors (Lipinski definition) is 2. The Labute approximate surface area is 153 Å². The molecule has 2 heterocycles. The van der Waals surface area contributed by atoms with Gasteiger partial charge < -0.3 is 15.2 Å². The molecule has 26 heavy (non-hydrogen) atoms. The molecule has 7 nitrogen and oxygen atoms in total. The van der Waals surface area contributed by atoms with Crippen molar-refractivity contribution < 1.29 is 14.6 Å². The number of fused-ring (bicyclic) bond motifs is 1. The summed E-state index contributed by atoms with van der Waals surface area (Å²) in [5.74, 6) is 0.864. The van der Waals surface area contributed by atoms with E-state index in [1.165, 1.54) is 0 Å². The highest BCUT2D eigenvalue weighted by Crippen LogP contribution is 2.18. The summed E-state index contributed by atoms with van der Waals surface area (Å²) in [6, 6.07) is 9.76. The number of rotatable bonds is 7. The van der Waals surface area contributed by atoms with Gasteiger partial charge in [0.15, 0.2) is 0 Å². The van der Waals surface area contributed by atoms with Crippen molar-refractivity contribution in [3.63, 3.8) is 0 Å². The van der Waals surface area contributed by atoms with E-state index in [-0.39, 0.29) is 5.91 Å². The molecule has 1 aliphatic rings. The second-order valence-corrected chi connectivity index (χ2v) is 6.58. The molecule has 0 saturated heterocycles. The van der Waals surface area contributed by atoms with Crippen LogP contribution in [0.25, 0.3) is 0 Å². The van der Waals surface area contributed by atoms with E-state index in [1.807, 2.05) is 35.0 Å². The third kappa shape index (κ3) is 4.42. The first-order valence-electron chi connectivity index (χ1n) is 8.92. The molecule has 0 unspecified atom stereocenters. The SMILES string of the molecule is COc1ccccc1CCNC(=O)CN1CCn2nc([C@H](C)O)cc2C1. The second-order valence-electron chi connectivity index (χ2n) is 6.58. The van der Waals surface area contributed by atoms with Crippen molar-refractivity contribution in [1.29, 1.82) is 0 Å². The molecular formula is C19H26N4O3. The fourth-order valence-electron chi connectivity index (χ4n) is 3.19. The Bertz CT molecular complexity index is 757. The molecule has 1 amide bonds. The monoisotopic (exact) mass is 358 g/mol. The minimum absolute atomic E-state index is 0.0172. The van der Waals surface area contributed by atoms with Crippen LogP contribution in [0.1, 0.15) is 30.0 Å². The quantitative estimate of drug-likeness (QED) is 0.775. The summed E-state index contributed by atoms with van der Waals surface area (Å²) >= 11 is 0. The minimum Gasteiger partial charge on any atom is -0.496 e. The molecule has 0 saturated carbocycles. The van der Waals surface area contributed by atoms with Crippen LogP contribution in [0.15, 0.2) is 30.3 Å². The largest absolute Gasteiger partial charge is 0.496 e. The number of ether oxygens (including phenoxy) is 1. The number of aliphatic hydroxyl groups is 1. The van der Waals surface area contributed by atoms with Crippen molar-refractivity contribution >= 4 is 5.91 Å². The Morgan fingerprint density at radius 1 is 1.38 bits per heavy atom. The topological polar surface area (TPSA) is 79.6 Å². The Kier molecular flexibility index (Phi) is 5.90. The normalized spacial score (nSPS) is 15.3. The number of nitrogens with one attached hydrogen (secondary N) is 1. The van der Waals surface area contributed by atoms with E-state index < -0.39 is 6.10 Å². The molecule has 7 heteroatoms. The summed E-state index contributed by atoms with van der Waals surface area (Å²) in [6.45, 7) is 4.82. The average Bonchev–Trinajstić information content (AvgIpc) is 3.06. The lowest BCUT2D eigenvalue weighted by Gasteiger charge is -2.26. The van der Waals surface area contributed by atoms with Gasteiger partial charge in [0.2, 0.25) is 5.91 Å². The van der Waals surface area contributed by atoms with Gasteiger partial charge in [-0.15, -0.1) is 0 Å². The summed E-state index contributed by atoms with van der Waals surface area (Å²) < 4.78 is 7.24. The van der Waals surface area contributed by atoms with Crippen molar-refractivity contribution in [2.24, 2.45) is 0 Å². The lowest BCUT2D eigenvalue weighted by Crippen LogP contribution is -2.41. The van der Waals surface area contributed by atoms with E-state index >= 15 is 0 Å². The van der Waals surface area contributed by atoms with Crippen LogP contribution in [0.2, 0.25) is 0 Å². The lowest BCUT2D eigenvalue weighted by atomic mass is 10.1. The van der Waals surface area contributed by atoms with Gasteiger partial charge in [-0.2, -0.15) is 5.10 Å². The van der Waals surface area contributed by atoms with Gasteiger partial charge in [0.1, 0.15) is 5.75 Å². The van der Waals surface area contributed by atoms with Crippen LogP contribution < -0.4 is 10.1 Å². The fraction of sp³-hybridized carbons (Fsp3) is 0.474. The highest BCUT2D eigenvalue weighted by Gasteiger charge is 2.21. The molecule has 1 atom stereocenters. The average molecular weight is 358 g/mol. The maximum atomic E-state index is 12.2. The second kappa shape index (κ2) is 8.33. The zero-order chi connectivity index (χ0) is 18.5. The van der Waals surface area contributed by atoms with Crippen LogP contribution in [0.5, 0.6) is 5.75 Å². The molecule has 1 aromatic heterocycles. The van der Waals surface area contributed by atoms with Crippen LogP contribution in [-0.4, -0.2) is 52.4 Å². The molecular weight excluding hydrogens is 332 g/mol. The number of benzene rings is 1. The molecule has 140 valence electrons. The maximum Gasteiger partial charge on any atom is 0.234 e. The minimum atomic E-state index is -0.570. The summed E-state index contributed by atoms with van der Waals surface area (Å²) in [4.78, 5) is 14.3. The summed E-state index contributed by atoms with van der Waals surface area (Å²) in [5.41, 5.74) is 2.81. The van der Waals surface area contributed by atoms with Crippen LogP contribution in [0.3, 0.4) is 0 Å². The zero-order valence-corrected chi connectivity index (χ0v) is 15.3. The van der Waals surface area contributed by atoms with Crippen molar-refractivity contribution in [3.05, 3.63) is 47.3 Å². The van der Waals surface area contributed by atoms with E-state index in [9.17, 15) is 9.90 Å². The number of aliphatic hydroxyl groups excluding tert-OH is 1. The molecule has 0 aliphatic carbocycles. The highest BCUT2D eigenvalue weighted by molar-refractivity contribution is 5.78. The maximum absolute atomic E-state index is 12.2. The Morgan fingerprint density at radius 2 is 2.19 bits per heavy atom. The number of nitrogens with zero attached hydrogens (tertiary/aromatic N) is 3. The molecule has 1 aromatic carbocycles. The number of carbonyl (C=O) groups excluding carboxylic acids is 1. The van der Waals surface area contributed by atoms with Gasteiger partial charge in [-0.25, -0.2) is 0 Å². The first-order valence-corrected chi connectivity index (χ1v) is 8.92. The summed E-state index contributed by atoms with van der Waals surface area (Å²) in [5, 5.41) is 17.0. The van der Waals surface area contributed by atoms with Gasteiger partial charge in [-0.05, 0) is 31.0 Å². The van der Waals surface area contributed by atoms with Gasteiger partial charge in [0.25, 0.3) is 0 Å². The first-order chi connectivity index (χ1) is 12.6. The number of amides is 1. The van der Waals surface area contributed by atoms with Crippen LogP contribution in [0, 0.1) is 0 Å². The Balaban J connectivity index is 1.46. The van der Waals surface area contributed by atoms with Gasteiger partial charge in [-0.3, -0.25) is 14.4 Å². The van der Waals surface area contributed by atoms with Gasteiger partial charge >= 0.3 is 0 Å². The number of carbonyl (C=O) groups is 1. The third-order valence-corrected chi connectivity index (χ3v) is 4.60. The van der Waals surface area contributed by atoms with Gasteiger partial charge in [0.05, 0.1) is 37.7 Å². The highest BCUT2D eigenvalue weighted by atomic mass is 16.5. The van der Waals surface area contributed by atoms with E-state index in [0.717, 1.165) is 36.5 Å². The number of para-hydroxylation sites is 1. The van der Waals surface area contributed by atoms with E-state index in [1.54, 1.807) is 14.0 Å². The molecule has 0 radical (unpaired) electrons. The van der Waals surface area contributed by atoms with Crippen molar-refractivity contribution in [1.82, 2.24) is 20.0 Å². The van der Waals surface area contributed by atoms with Crippen molar-refractivity contribution in [2.75, 3.05) is 26.7 Å². The summed E-state index contributed by atoms with van der Waals surface area (Å²) in [6.07, 6.45) is 0.167. The van der Waals surface area contributed by atoms with Crippen molar-refractivity contribution in [3.8, 4) is 5.75 Å². The number of hydrogen-bond acceptors (Lipinski definition) is 5.